The molecule has 0 saturated heterocycles. The van der Waals surface area contributed by atoms with E-state index in [2.05, 4.69) is 36.1 Å². The lowest BCUT2D eigenvalue weighted by Gasteiger charge is -2.17. The fraction of sp³-hybridized carbons (Fsp3) is 0.600. The number of aromatic nitrogens is 2. The Morgan fingerprint density at radius 3 is 2.67 bits per heavy atom. The molecule has 0 bridgehead atoms. The molecule has 0 radical (unpaired) electrons. The molecule has 1 heterocycles. The highest BCUT2D eigenvalue weighted by atomic mass is 35.5. The van der Waals surface area contributed by atoms with Crippen molar-refractivity contribution in [1.29, 1.82) is 0 Å². The quantitative estimate of drug-likeness (QED) is 0.778. The molecule has 1 aromatic rings. The summed E-state index contributed by atoms with van der Waals surface area (Å²) in [6.45, 7) is 6.44. The highest BCUT2D eigenvalue weighted by Crippen LogP contribution is 2.23. The van der Waals surface area contributed by atoms with Crippen molar-refractivity contribution in [2.24, 2.45) is 5.92 Å². The van der Waals surface area contributed by atoms with Gasteiger partial charge in [-0.25, -0.2) is 9.97 Å². The van der Waals surface area contributed by atoms with Crippen LogP contribution in [0.3, 0.4) is 0 Å². The summed E-state index contributed by atoms with van der Waals surface area (Å²) in [7, 11) is 0. The molecule has 1 atom stereocenters. The maximum absolute atomic E-state index is 5.79. The van der Waals surface area contributed by atoms with E-state index < -0.39 is 0 Å². The Morgan fingerprint density at radius 2 is 2.07 bits per heavy atom. The fourth-order valence-corrected chi connectivity index (χ4v) is 1.62. The average Bonchev–Trinajstić information content (AvgIpc) is 2.11. The molecule has 1 aromatic heterocycles. The van der Waals surface area contributed by atoms with E-state index in [9.17, 15) is 0 Å². The zero-order valence-corrected chi connectivity index (χ0v) is 10.0. The second kappa shape index (κ2) is 5.16. The van der Waals surface area contributed by atoms with Gasteiger partial charge in [-0.15, -0.1) is 0 Å². The van der Waals surface area contributed by atoms with Crippen LogP contribution in [0.1, 0.15) is 27.2 Å². The van der Waals surface area contributed by atoms with Gasteiger partial charge in [-0.2, -0.15) is 0 Å². The van der Waals surface area contributed by atoms with Crippen LogP contribution in [0.15, 0.2) is 6.33 Å². The molecule has 4 nitrogen and oxygen atoms in total. The molecule has 0 amide bonds. The minimum atomic E-state index is 0.296. The van der Waals surface area contributed by atoms with Gasteiger partial charge >= 0.3 is 0 Å². The number of nitrogens with one attached hydrogen (secondary N) is 1. The topological polar surface area (TPSA) is 63.8 Å². The number of hydrogen-bond acceptors (Lipinski definition) is 4. The first-order valence-electron chi connectivity index (χ1n) is 5.03. The summed E-state index contributed by atoms with van der Waals surface area (Å²) in [6, 6.07) is 0.318. The summed E-state index contributed by atoms with van der Waals surface area (Å²) in [5.74, 6) is 1.24. The number of halogens is 1. The van der Waals surface area contributed by atoms with Gasteiger partial charge in [0.2, 0.25) is 0 Å². The van der Waals surface area contributed by atoms with E-state index in [-0.39, 0.29) is 0 Å². The molecule has 3 N–H and O–H groups in total. The first-order valence-corrected chi connectivity index (χ1v) is 5.41. The summed E-state index contributed by atoms with van der Waals surface area (Å²) in [6.07, 6.45) is 2.46. The molecule has 1 unspecified atom stereocenters. The Bertz CT molecular complexity index is 327. The third-order valence-corrected chi connectivity index (χ3v) is 2.34. The molecule has 0 saturated carbocycles. The Hall–Kier alpha value is -1.03. The number of nitrogen functional groups attached to an aromatic ring is 1. The van der Waals surface area contributed by atoms with Gasteiger partial charge in [0.15, 0.2) is 11.0 Å². The van der Waals surface area contributed by atoms with Crippen LogP contribution in [0.4, 0.5) is 11.5 Å². The van der Waals surface area contributed by atoms with Crippen LogP contribution in [0.5, 0.6) is 0 Å². The van der Waals surface area contributed by atoms with Gasteiger partial charge in [0.1, 0.15) is 12.0 Å². The summed E-state index contributed by atoms with van der Waals surface area (Å²) < 4.78 is 0. The maximum Gasteiger partial charge on any atom is 0.157 e. The molecule has 15 heavy (non-hydrogen) atoms. The van der Waals surface area contributed by atoms with E-state index in [1.165, 1.54) is 6.33 Å². The van der Waals surface area contributed by atoms with Crippen LogP contribution < -0.4 is 11.1 Å². The van der Waals surface area contributed by atoms with Crippen LogP contribution in [0, 0.1) is 5.92 Å². The third-order valence-electron chi connectivity index (χ3n) is 2.04. The number of anilines is 2. The van der Waals surface area contributed by atoms with Crippen LogP contribution in [0.25, 0.3) is 0 Å². The summed E-state index contributed by atoms with van der Waals surface area (Å²) >= 11 is 5.79. The van der Waals surface area contributed by atoms with Gasteiger partial charge in [0.25, 0.3) is 0 Å². The first kappa shape index (κ1) is 12.0. The van der Waals surface area contributed by atoms with E-state index >= 15 is 0 Å². The molecule has 84 valence electrons. The Morgan fingerprint density at radius 1 is 1.40 bits per heavy atom. The molecule has 0 fully saturated rings. The predicted molar refractivity (Wildman–Crippen MR) is 64.0 cm³/mol. The van der Waals surface area contributed by atoms with Crippen LogP contribution in [-0.4, -0.2) is 16.0 Å². The average molecular weight is 229 g/mol. The highest BCUT2D eigenvalue weighted by molar-refractivity contribution is 6.32. The molecule has 0 aliphatic carbocycles. The SMILES string of the molecule is CC(C)CC(C)Nc1ncnc(Cl)c1N. The van der Waals surface area contributed by atoms with Gasteiger partial charge in [0.05, 0.1) is 0 Å². The zero-order chi connectivity index (χ0) is 11.4. The van der Waals surface area contributed by atoms with E-state index in [0.29, 0.717) is 28.6 Å². The normalized spacial score (nSPS) is 12.9. The van der Waals surface area contributed by atoms with Crippen molar-refractivity contribution in [3.05, 3.63) is 11.5 Å². The van der Waals surface area contributed by atoms with Crippen LogP contribution >= 0.6 is 11.6 Å². The van der Waals surface area contributed by atoms with Crippen molar-refractivity contribution in [3.8, 4) is 0 Å². The second-order valence-corrected chi connectivity index (χ2v) is 4.46. The first-order chi connectivity index (χ1) is 7.00. The van der Waals surface area contributed by atoms with Gasteiger partial charge < -0.3 is 11.1 Å². The van der Waals surface area contributed by atoms with Crippen molar-refractivity contribution in [3.63, 3.8) is 0 Å². The van der Waals surface area contributed by atoms with E-state index in [1.807, 2.05) is 0 Å². The molecule has 0 aliphatic heterocycles. The lowest BCUT2D eigenvalue weighted by Crippen LogP contribution is -2.19. The largest absolute Gasteiger partial charge is 0.393 e. The number of nitrogens with two attached hydrogens (primary N) is 1. The zero-order valence-electron chi connectivity index (χ0n) is 9.29. The van der Waals surface area contributed by atoms with Gasteiger partial charge in [-0.3, -0.25) is 0 Å². The minimum Gasteiger partial charge on any atom is -0.393 e. The Balaban J connectivity index is 2.68. The summed E-state index contributed by atoms with van der Waals surface area (Å²) in [5, 5.41) is 3.52. The van der Waals surface area contributed by atoms with E-state index in [1.54, 1.807) is 0 Å². The number of rotatable bonds is 4. The molecule has 0 spiro atoms. The summed E-state index contributed by atoms with van der Waals surface area (Å²) in [5.41, 5.74) is 6.15. The minimum absolute atomic E-state index is 0.296. The van der Waals surface area contributed by atoms with Gasteiger partial charge in [-0.05, 0) is 19.3 Å². The molecule has 5 heteroatoms. The monoisotopic (exact) mass is 228 g/mol. The Labute approximate surface area is 95.3 Å². The van der Waals surface area contributed by atoms with Crippen molar-refractivity contribution in [2.75, 3.05) is 11.1 Å². The second-order valence-electron chi connectivity index (χ2n) is 4.10. The Kier molecular flexibility index (Phi) is 4.15. The predicted octanol–water partition coefficient (Wildman–Crippen LogP) is 2.56. The molecule has 0 aromatic carbocycles. The molecular weight excluding hydrogens is 212 g/mol. The van der Waals surface area contributed by atoms with Gasteiger partial charge in [-0.1, -0.05) is 25.4 Å². The standard InChI is InChI=1S/C10H17ClN4/c1-6(2)4-7(3)15-10-8(12)9(11)13-5-14-10/h5-7H,4,12H2,1-3H3,(H,13,14,15). The van der Waals surface area contributed by atoms with Crippen LogP contribution in [-0.2, 0) is 0 Å². The van der Waals surface area contributed by atoms with Crippen molar-refractivity contribution >= 4 is 23.1 Å². The van der Waals surface area contributed by atoms with Crippen molar-refractivity contribution in [2.45, 2.75) is 33.2 Å². The molecule has 1 rings (SSSR count). The van der Waals surface area contributed by atoms with Crippen LogP contribution in [0.2, 0.25) is 5.15 Å². The third kappa shape index (κ3) is 3.55. The lowest BCUT2D eigenvalue weighted by molar-refractivity contribution is 0.539. The number of hydrogen-bond donors (Lipinski definition) is 2. The van der Waals surface area contributed by atoms with Gasteiger partial charge in [0, 0.05) is 6.04 Å². The number of nitrogens with zero attached hydrogens (tertiary/aromatic N) is 2. The summed E-state index contributed by atoms with van der Waals surface area (Å²) in [4.78, 5) is 7.85. The maximum atomic E-state index is 5.79. The van der Waals surface area contributed by atoms with Crippen molar-refractivity contribution in [1.82, 2.24) is 9.97 Å². The molecule has 0 aliphatic rings. The van der Waals surface area contributed by atoms with E-state index in [0.717, 1.165) is 6.42 Å². The highest BCUT2D eigenvalue weighted by Gasteiger charge is 2.10. The molecular formula is C10H17ClN4. The fourth-order valence-electron chi connectivity index (χ4n) is 1.49. The van der Waals surface area contributed by atoms with Crippen molar-refractivity contribution < 1.29 is 0 Å². The smallest absolute Gasteiger partial charge is 0.157 e. The van der Waals surface area contributed by atoms with E-state index in [4.69, 9.17) is 17.3 Å². The lowest BCUT2D eigenvalue weighted by atomic mass is 10.1.